The minimum absolute atomic E-state index is 0.0638. The largest absolute Gasteiger partial charge is 0.358 e. The molecule has 2 rings (SSSR count). The number of hydrogen-bond donors (Lipinski definition) is 2. The molecule has 2 N–H and O–H groups in total. The van der Waals surface area contributed by atoms with Crippen LogP contribution < -0.4 is 10.6 Å². The van der Waals surface area contributed by atoms with Crippen LogP contribution in [0.1, 0.15) is 44.6 Å². The minimum atomic E-state index is -0.190. The van der Waals surface area contributed by atoms with E-state index in [-0.39, 0.29) is 17.8 Å². The molecule has 1 atom stereocenters. The maximum absolute atomic E-state index is 12.9. The highest BCUT2D eigenvalue weighted by atomic mass is 19.1. The first-order valence-electron chi connectivity index (χ1n) is 7.72. The van der Waals surface area contributed by atoms with Crippen molar-refractivity contribution in [2.75, 3.05) is 7.05 Å². The first-order chi connectivity index (χ1) is 9.99. The Labute approximate surface area is 126 Å². The van der Waals surface area contributed by atoms with Crippen LogP contribution in [0.5, 0.6) is 0 Å². The zero-order chi connectivity index (χ0) is 15.4. The van der Waals surface area contributed by atoms with Gasteiger partial charge in [0, 0.05) is 13.1 Å². The predicted molar refractivity (Wildman–Crippen MR) is 82.6 cm³/mol. The Morgan fingerprint density at radius 3 is 2.43 bits per heavy atom. The van der Waals surface area contributed by atoms with Crippen molar-refractivity contribution < 1.29 is 9.18 Å². The van der Waals surface area contributed by atoms with Gasteiger partial charge in [-0.05, 0) is 48.8 Å². The third kappa shape index (κ3) is 4.27. The van der Waals surface area contributed by atoms with Crippen LogP contribution in [0, 0.1) is 11.7 Å². The second-order valence-electron chi connectivity index (χ2n) is 6.38. The van der Waals surface area contributed by atoms with E-state index in [0.717, 1.165) is 19.3 Å². The summed E-state index contributed by atoms with van der Waals surface area (Å²) in [5, 5.41) is 6.19. The van der Waals surface area contributed by atoms with Crippen LogP contribution in [0.2, 0.25) is 0 Å². The number of rotatable bonds is 6. The number of amides is 1. The third-order valence-corrected chi connectivity index (χ3v) is 4.19. The average molecular weight is 292 g/mol. The highest BCUT2D eigenvalue weighted by molar-refractivity contribution is 5.81. The van der Waals surface area contributed by atoms with Crippen molar-refractivity contribution in [3.05, 3.63) is 35.6 Å². The van der Waals surface area contributed by atoms with Crippen molar-refractivity contribution in [2.45, 2.75) is 51.1 Å². The first-order valence-corrected chi connectivity index (χ1v) is 7.72. The highest BCUT2D eigenvalue weighted by Gasteiger charge is 2.33. The summed E-state index contributed by atoms with van der Waals surface area (Å²) in [7, 11) is 1.68. The van der Waals surface area contributed by atoms with Crippen LogP contribution >= 0.6 is 0 Å². The number of nitrogens with one attached hydrogen (secondary N) is 2. The Kier molecular flexibility index (Phi) is 5.34. The van der Waals surface area contributed by atoms with E-state index in [1.807, 2.05) is 12.1 Å². The van der Waals surface area contributed by atoms with Gasteiger partial charge in [-0.2, -0.15) is 0 Å². The van der Waals surface area contributed by atoms with Crippen molar-refractivity contribution >= 4 is 5.91 Å². The quantitative estimate of drug-likeness (QED) is 0.846. The molecule has 0 heterocycles. The second kappa shape index (κ2) is 7.03. The van der Waals surface area contributed by atoms with Gasteiger partial charge in [-0.1, -0.05) is 26.0 Å². The van der Waals surface area contributed by atoms with Crippen molar-refractivity contribution in [3.8, 4) is 0 Å². The molecule has 0 saturated heterocycles. The zero-order valence-electron chi connectivity index (χ0n) is 13.0. The third-order valence-electron chi connectivity index (χ3n) is 4.19. The molecule has 1 aliphatic carbocycles. The maximum atomic E-state index is 12.9. The molecule has 0 aliphatic heterocycles. The molecule has 0 radical (unpaired) electrons. The normalized spacial score (nSPS) is 22.7. The van der Waals surface area contributed by atoms with Crippen LogP contribution in [-0.2, 0) is 4.79 Å². The average Bonchev–Trinajstić information content (AvgIpc) is 2.41. The van der Waals surface area contributed by atoms with Crippen LogP contribution in [0.4, 0.5) is 4.39 Å². The molecule has 4 heteroatoms. The molecule has 1 fully saturated rings. The van der Waals surface area contributed by atoms with E-state index in [2.05, 4.69) is 24.5 Å². The van der Waals surface area contributed by atoms with Crippen molar-refractivity contribution in [2.24, 2.45) is 5.92 Å². The van der Waals surface area contributed by atoms with E-state index in [0.29, 0.717) is 17.9 Å². The van der Waals surface area contributed by atoms with Crippen LogP contribution in [-0.4, -0.2) is 25.0 Å². The Balaban J connectivity index is 1.85. The van der Waals surface area contributed by atoms with Crippen molar-refractivity contribution in [1.29, 1.82) is 0 Å². The van der Waals surface area contributed by atoms with Crippen LogP contribution in [0.3, 0.4) is 0 Å². The Hall–Kier alpha value is -1.42. The first kappa shape index (κ1) is 16.0. The number of benzene rings is 1. The van der Waals surface area contributed by atoms with Crippen LogP contribution in [0.25, 0.3) is 0 Å². The smallest absolute Gasteiger partial charge is 0.236 e. The van der Waals surface area contributed by atoms with Gasteiger partial charge in [0.1, 0.15) is 5.82 Å². The van der Waals surface area contributed by atoms with E-state index in [1.54, 1.807) is 7.05 Å². The topological polar surface area (TPSA) is 41.1 Å². The molecule has 0 spiro atoms. The summed E-state index contributed by atoms with van der Waals surface area (Å²) in [5.41, 5.74) is 1.19. The lowest BCUT2D eigenvalue weighted by atomic mass is 9.75. The number of halogens is 1. The lowest BCUT2D eigenvalue weighted by Crippen LogP contribution is -2.51. The fourth-order valence-corrected chi connectivity index (χ4v) is 2.94. The standard InChI is InChI=1S/C17H25FN2O/c1-11(2)8-16(17(21)19-3)20-15-9-13(10-15)12-4-6-14(18)7-5-12/h4-7,11,13,15-16,20H,8-10H2,1-3H3,(H,19,21). The number of carbonyl (C=O) groups excluding carboxylic acids is 1. The van der Waals surface area contributed by atoms with Gasteiger partial charge in [0.15, 0.2) is 0 Å². The summed E-state index contributed by atoms with van der Waals surface area (Å²) in [6, 6.07) is 7.01. The van der Waals surface area contributed by atoms with Crippen LogP contribution in [0.15, 0.2) is 24.3 Å². The predicted octanol–water partition coefficient (Wildman–Crippen LogP) is 2.82. The lowest BCUT2D eigenvalue weighted by molar-refractivity contribution is -0.123. The van der Waals surface area contributed by atoms with Gasteiger partial charge in [0.2, 0.25) is 5.91 Å². The number of likely N-dealkylation sites (N-methyl/N-ethyl adjacent to an activating group) is 1. The molecule has 1 aliphatic rings. The molecule has 0 bridgehead atoms. The summed E-state index contributed by atoms with van der Waals surface area (Å²) in [6.07, 6.45) is 2.87. The van der Waals surface area contributed by atoms with E-state index in [4.69, 9.17) is 0 Å². The molecule has 1 aromatic carbocycles. The van der Waals surface area contributed by atoms with Crippen molar-refractivity contribution in [3.63, 3.8) is 0 Å². The Morgan fingerprint density at radius 1 is 1.29 bits per heavy atom. The fraction of sp³-hybridized carbons (Fsp3) is 0.588. The van der Waals surface area contributed by atoms with E-state index < -0.39 is 0 Å². The maximum Gasteiger partial charge on any atom is 0.236 e. The van der Waals surface area contributed by atoms with Gasteiger partial charge in [-0.3, -0.25) is 4.79 Å². The number of carbonyl (C=O) groups is 1. The van der Waals surface area contributed by atoms with Gasteiger partial charge in [0.25, 0.3) is 0 Å². The molecule has 116 valence electrons. The van der Waals surface area contributed by atoms with E-state index >= 15 is 0 Å². The molecular weight excluding hydrogens is 267 g/mol. The lowest BCUT2D eigenvalue weighted by Gasteiger charge is -2.38. The molecule has 1 aromatic rings. The highest BCUT2D eigenvalue weighted by Crippen LogP contribution is 2.37. The second-order valence-corrected chi connectivity index (χ2v) is 6.38. The summed E-state index contributed by atoms with van der Waals surface area (Å²) in [6.45, 7) is 4.25. The number of hydrogen-bond acceptors (Lipinski definition) is 2. The van der Waals surface area contributed by atoms with Gasteiger partial charge < -0.3 is 10.6 Å². The van der Waals surface area contributed by atoms with E-state index in [9.17, 15) is 9.18 Å². The Bertz CT molecular complexity index is 466. The molecule has 1 amide bonds. The molecule has 1 unspecified atom stereocenters. The SMILES string of the molecule is CNC(=O)C(CC(C)C)NC1CC(c2ccc(F)cc2)C1. The molecule has 0 aromatic heterocycles. The monoisotopic (exact) mass is 292 g/mol. The van der Waals surface area contributed by atoms with Gasteiger partial charge in [0.05, 0.1) is 6.04 Å². The molecular formula is C17H25FN2O. The summed E-state index contributed by atoms with van der Waals surface area (Å²) in [5.74, 6) is 0.832. The van der Waals surface area contributed by atoms with E-state index in [1.165, 1.54) is 17.7 Å². The van der Waals surface area contributed by atoms with Crippen molar-refractivity contribution in [1.82, 2.24) is 10.6 Å². The van der Waals surface area contributed by atoms with Gasteiger partial charge in [-0.15, -0.1) is 0 Å². The molecule has 3 nitrogen and oxygen atoms in total. The van der Waals surface area contributed by atoms with Gasteiger partial charge in [-0.25, -0.2) is 4.39 Å². The molecule has 21 heavy (non-hydrogen) atoms. The fourth-order valence-electron chi connectivity index (χ4n) is 2.94. The molecule has 1 saturated carbocycles. The summed E-state index contributed by atoms with van der Waals surface area (Å²) >= 11 is 0. The summed E-state index contributed by atoms with van der Waals surface area (Å²) in [4.78, 5) is 11.9. The Morgan fingerprint density at radius 2 is 1.90 bits per heavy atom. The van der Waals surface area contributed by atoms with Gasteiger partial charge >= 0.3 is 0 Å². The summed E-state index contributed by atoms with van der Waals surface area (Å²) < 4.78 is 12.9. The zero-order valence-corrected chi connectivity index (χ0v) is 13.0. The minimum Gasteiger partial charge on any atom is -0.358 e.